The highest BCUT2D eigenvalue weighted by Gasteiger charge is 2.11. The Balaban J connectivity index is 2.76. The monoisotopic (exact) mass is 213 g/mol. The second-order valence-electron chi connectivity index (χ2n) is 3.19. The van der Waals surface area contributed by atoms with Crippen molar-refractivity contribution in [3.63, 3.8) is 0 Å². The predicted octanol–water partition coefficient (Wildman–Crippen LogP) is 1.87. The molecule has 15 heavy (non-hydrogen) atoms. The Morgan fingerprint density at radius 1 is 1.47 bits per heavy atom. The van der Waals surface area contributed by atoms with Gasteiger partial charge in [0.2, 0.25) is 0 Å². The molecule has 1 unspecified atom stereocenters. The maximum absolute atomic E-state index is 13.5. The molecule has 0 saturated carbocycles. The number of hydrogen-bond acceptors (Lipinski definition) is 3. The smallest absolute Gasteiger partial charge is 0.132 e. The van der Waals surface area contributed by atoms with Crippen LogP contribution in [0.5, 0.6) is 5.75 Å². The molecule has 1 aromatic carbocycles. The van der Waals surface area contributed by atoms with Crippen molar-refractivity contribution in [3.8, 4) is 5.75 Å². The van der Waals surface area contributed by atoms with Crippen LogP contribution in [-0.2, 0) is 4.74 Å². The Labute approximate surface area is 89.0 Å². The first kappa shape index (κ1) is 11.9. The first-order valence-corrected chi connectivity index (χ1v) is 4.84. The molecule has 3 nitrogen and oxygen atoms in total. The molecule has 0 aromatic heterocycles. The summed E-state index contributed by atoms with van der Waals surface area (Å²) in [7, 11) is 1.50. The van der Waals surface area contributed by atoms with E-state index in [1.807, 2.05) is 0 Å². The number of hydrogen-bond donors (Lipinski definition) is 1. The summed E-state index contributed by atoms with van der Waals surface area (Å²) in [6, 6.07) is 4.72. The van der Waals surface area contributed by atoms with Crippen molar-refractivity contribution < 1.29 is 13.9 Å². The third-order valence-corrected chi connectivity index (χ3v) is 2.13. The van der Waals surface area contributed by atoms with Crippen molar-refractivity contribution in [3.05, 3.63) is 29.6 Å². The summed E-state index contributed by atoms with van der Waals surface area (Å²) in [4.78, 5) is 0. The van der Waals surface area contributed by atoms with Gasteiger partial charge in [-0.3, -0.25) is 0 Å². The minimum Gasteiger partial charge on any atom is -0.497 e. The fraction of sp³-hybridized carbons (Fsp3) is 0.455. The summed E-state index contributed by atoms with van der Waals surface area (Å²) < 4.78 is 23.8. The van der Waals surface area contributed by atoms with Gasteiger partial charge in [-0.25, -0.2) is 4.39 Å². The molecule has 1 atom stereocenters. The SMILES string of the molecule is COc1ccc(C(C)OCCN)c(F)c1. The van der Waals surface area contributed by atoms with E-state index in [1.54, 1.807) is 19.1 Å². The largest absolute Gasteiger partial charge is 0.497 e. The standard InChI is InChI=1S/C11H16FNO2/c1-8(15-6-5-13)10-4-3-9(14-2)7-11(10)12/h3-4,7-8H,5-6,13H2,1-2H3. The van der Waals surface area contributed by atoms with E-state index in [4.69, 9.17) is 15.2 Å². The molecule has 0 radical (unpaired) electrons. The van der Waals surface area contributed by atoms with E-state index in [0.717, 1.165) is 0 Å². The van der Waals surface area contributed by atoms with Gasteiger partial charge in [-0.1, -0.05) is 0 Å². The van der Waals surface area contributed by atoms with Gasteiger partial charge in [-0.15, -0.1) is 0 Å². The fourth-order valence-electron chi connectivity index (χ4n) is 1.30. The molecule has 0 spiro atoms. The lowest BCUT2D eigenvalue weighted by atomic mass is 10.1. The Bertz CT molecular complexity index is 317. The van der Waals surface area contributed by atoms with Crippen molar-refractivity contribution in [2.45, 2.75) is 13.0 Å². The molecule has 0 bridgehead atoms. The van der Waals surface area contributed by atoms with Gasteiger partial charge in [0.15, 0.2) is 0 Å². The minimum absolute atomic E-state index is 0.292. The summed E-state index contributed by atoms with van der Waals surface area (Å²) in [5, 5.41) is 0. The Morgan fingerprint density at radius 2 is 2.20 bits per heavy atom. The highest BCUT2D eigenvalue weighted by atomic mass is 19.1. The lowest BCUT2D eigenvalue weighted by Crippen LogP contribution is -2.11. The van der Waals surface area contributed by atoms with Crippen molar-refractivity contribution >= 4 is 0 Å². The van der Waals surface area contributed by atoms with Gasteiger partial charge < -0.3 is 15.2 Å². The van der Waals surface area contributed by atoms with Gasteiger partial charge in [-0.05, 0) is 19.1 Å². The number of nitrogens with two attached hydrogens (primary N) is 1. The number of rotatable bonds is 5. The van der Waals surface area contributed by atoms with Crippen LogP contribution < -0.4 is 10.5 Å². The molecule has 4 heteroatoms. The Kier molecular flexibility index (Phi) is 4.52. The third kappa shape index (κ3) is 3.18. The molecule has 0 heterocycles. The Morgan fingerprint density at radius 3 is 2.73 bits per heavy atom. The normalized spacial score (nSPS) is 12.5. The van der Waals surface area contributed by atoms with Crippen molar-refractivity contribution in [1.29, 1.82) is 0 Å². The van der Waals surface area contributed by atoms with Crippen LogP contribution in [0.25, 0.3) is 0 Å². The van der Waals surface area contributed by atoms with Crippen molar-refractivity contribution in [1.82, 2.24) is 0 Å². The summed E-state index contributed by atoms with van der Waals surface area (Å²) in [5.74, 6) is 0.182. The van der Waals surface area contributed by atoms with Gasteiger partial charge in [0.05, 0.1) is 19.8 Å². The molecule has 1 rings (SSSR count). The number of benzene rings is 1. The molecule has 0 saturated heterocycles. The van der Waals surface area contributed by atoms with Gasteiger partial charge in [0.1, 0.15) is 11.6 Å². The summed E-state index contributed by atoms with van der Waals surface area (Å²) in [6.45, 7) is 2.65. The molecule has 0 aliphatic carbocycles. The van der Waals surface area contributed by atoms with E-state index in [-0.39, 0.29) is 11.9 Å². The van der Waals surface area contributed by atoms with Crippen LogP contribution in [0.15, 0.2) is 18.2 Å². The topological polar surface area (TPSA) is 44.5 Å². The van der Waals surface area contributed by atoms with Crippen molar-refractivity contribution in [2.24, 2.45) is 5.73 Å². The van der Waals surface area contributed by atoms with E-state index >= 15 is 0 Å². The van der Waals surface area contributed by atoms with Crippen LogP contribution in [0.3, 0.4) is 0 Å². The maximum Gasteiger partial charge on any atom is 0.132 e. The van der Waals surface area contributed by atoms with E-state index in [1.165, 1.54) is 13.2 Å². The highest BCUT2D eigenvalue weighted by Crippen LogP contribution is 2.23. The summed E-state index contributed by atoms with van der Waals surface area (Å²) >= 11 is 0. The molecular formula is C11H16FNO2. The molecule has 0 fully saturated rings. The molecule has 0 aliphatic heterocycles. The first-order chi connectivity index (χ1) is 7.19. The van der Waals surface area contributed by atoms with Crippen molar-refractivity contribution in [2.75, 3.05) is 20.3 Å². The second-order valence-corrected chi connectivity index (χ2v) is 3.19. The average Bonchev–Trinajstić information content (AvgIpc) is 2.25. The molecular weight excluding hydrogens is 197 g/mol. The van der Waals surface area contributed by atoms with Crippen LogP contribution in [0, 0.1) is 5.82 Å². The lowest BCUT2D eigenvalue weighted by Gasteiger charge is -2.14. The summed E-state index contributed by atoms with van der Waals surface area (Å²) in [6.07, 6.45) is -0.292. The number of halogens is 1. The zero-order valence-electron chi connectivity index (χ0n) is 9.00. The second kappa shape index (κ2) is 5.68. The van der Waals surface area contributed by atoms with E-state index in [9.17, 15) is 4.39 Å². The molecule has 0 aliphatic rings. The van der Waals surface area contributed by atoms with Crippen LogP contribution in [0.4, 0.5) is 4.39 Å². The highest BCUT2D eigenvalue weighted by molar-refractivity contribution is 5.29. The van der Waals surface area contributed by atoms with Crippen LogP contribution in [0.1, 0.15) is 18.6 Å². The molecule has 1 aromatic rings. The van der Waals surface area contributed by atoms with Crippen LogP contribution in [0.2, 0.25) is 0 Å². The zero-order chi connectivity index (χ0) is 11.3. The van der Waals surface area contributed by atoms with E-state index < -0.39 is 0 Å². The number of ether oxygens (including phenoxy) is 2. The van der Waals surface area contributed by atoms with Gasteiger partial charge >= 0.3 is 0 Å². The summed E-state index contributed by atoms with van der Waals surface area (Å²) in [5.41, 5.74) is 5.82. The maximum atomic E-state index is 13.5. The van der Waals surface area contributed by atoms with Gasteiger partial charge in [0, 0.05) is 18.2 Å². The van der Waals surface area contributed by atoms with Crippen LogP contribution >= 0.6 is 0 Å². The average molecular weight is 213 g/mol. The predicted molar refractivity (Wildman–Crippen MR) is 56.4 cm³/mol. The molecule has 0 amide bonds. The lowest BCUT2D eigenvalue weighted by molar-refractivity contribution is 0.0692. The zero-order valence-corrected chi connectivity index (χ0v) is 9.00. The quantitative estimate of drug-likeness (QED) is 0.812. The van der Waals surface area contributed by atoms with E-state index in [2.05, 4.69) is 0 Å². The Hall–Kier alpha value is -1.13. The molecule has 84 valence electrons. The third-order valence-electron chi connectivity index (χ3n) is 2.13. The minimum atomic E-state index is -0.320. The first-order valence-electron chi connectivity index (χ1n) is 4.84. The van der Waals surface area contributed by atoms with Crippen LogP contribution in [-0.4, -0.2) is 20.3 Å². The fourth-order valence-corrected chi connectivity index (χ4v) is 1.30. The molecule has 2 N–H and O–H groups in total. The van der Waals surface area contributed by atoms with E-state index in [0.29, 0.717) is 24.5 Å². The van der Waals surface area contributed by atoms with Gasteiger partial charge in [-0.2, -0.15) is 0 Å². The van der Waals surface area contributed by atoms with Gasteiger partial charge in [0.25, 0.3) is 0 Å². The number of methoxy groups -OCH3 is 1.